The molecule has 0 spiro atoms. The Morgan fingerprint density at radius 2 is 2.26 bits per heavy atom. The molecule has 0 bridgehead atoms. The molecule has 19 heavy (non-hydrogen) atoms. The van der Waals surface area contributed by atoms with Crippen LogP contribution in [0.4, 0.5) is 5.69 Å². The van der Waals surface area contributed by atoms with Crippen LogP contribution in [-0.4, -0.2) is 27.2 Å². The van der Waals surface area contributed by atoms with E-state index in [9.17, 15) is 4.79 Å². The maximum absolute atomic E-state index is 11.6. The number of aromatic nitrogens is 3. The van der Waals surface area contributed by atoms with Crippen molar-refractivity contribution in [2.45, 2.75) is 32.7 Å². The van der Waals surface area contributed by atoms with Crippen molar-refractivity contribution in [2.24, 2.45) is 5.73 Å². The molecular formula is C13H19N5O. The largest absolute Gasteiger partial charge is 0.330 e. The molecule has 0 radical (unpaired) electrons. The number of carbonyl (C=O) groups excluding carboxylic acids is 1. The van der Waals surface area contributed by atoms with Gasteiger partial charge < -0.3 is 11.1 Å². The highest BCUT2D eigenvalue weighted by Crippen LogP contribution is 2.19. The van der Waals surface area contributed by atoms with Crippen molar-refractivity contribution in [3.8, 4) is 0 Å². The van der Waals surface area contributed by atoms with Crippen LogP contribution in [0.5, 0.6) is 0 Å². The lowest BCUT2D eigenvalue weighted by Crippen LogP contribution is -2.13. The van der Waals surface area contributed by atoms with Crippen molar-refractivity contribution in [3.05, 3.63) is 18.5 Å². The molecule has 0 aliphatic heterocycles. The molecular weight excluding hydrogens is 242 g/mol. The van der Waals surface area contributed by atoms with Crippen LogP contribution >= 0.6 is 0 Å². The van der Waals surface area contributed by atoms with E-state index in [4.69, 9.17) is 5.73 Å². The fourth-order valence-electron chi connectivity index (χ4n) is 1.87. The van der Waals surface area contributed by atoms with Crippen molar-refractivity contribution in [1.29, 1.82) is 0 Å². The van der Waals surface area contributed by atoms with Crippen LogP contribution < -0.4 is 11.1 Å². The summed E-state index contributed by atoms with van der Waals surface area (Å²) in [6, 6.07) is 2.14. The van der Waals surface area contributed by atoms with Crippen molar-refractivity contribution in [3.63, 3.8) is 0 Å². The predicted octanol–water partition coefficient (Wildman–Crippen LogP) is 1.69. The Kier molecular flexibility index (Phi) is 4.11. The number of hydrogen-bond donors (Lipinski definition) is 2. The molecule has 0 saturated carbocycles. The molecule has 0 unspecified atom stereocenters. The summed E-state index contributed by atoms with van der Waals surface area (Å²) in [4.78, 5) is 16.0. The fraction of sp³-hybridized carbons (Fsp3) is 0.462. The lowest BCUT2D eigenvalue weighted by atomic mass is 10.2. The number of fused-ring (bicyclic) bond motifs is 1. The highest BCUT2D eigenvalue weighted by Gasteiger charge is 2.09. The van der Waals surface area contributed by atoms with Crippen LogP contribution in [0.1, 0.15) is 32.7 Å². The SMILES string of the molecule is CC(C)n1ncc2cc(NC(=O)CCCN)cnc21. The van der Waals surface area contributed by atoms with Gasteiger partial charge in [-0.15, -0.1) is 0 Å². The van der Waals surface area contributed by atoms with Gasteiger partial charge in [0.05, 0.1) is 18.1 Å². The van der Waals surface area contributed by atoms with E-state index in [1.165, 1.54) is 0 Å². The van der Waals surface area contributed by atoms with E-state index in [-0.39, 0.29) is 11.9 Å². The minimum absolute atomic E-state index is 0.0390. The van der Waals surface area contributed by atoms with Crippen molar-refractivity contribution >= 4 is 22.6 Å². The first-order valence-electron chi connectivity index (χ1n) is 6.45. The number of nitrogens with one attached hydrogen (secondary N) is 1. The molecule has 0 aliphatic carbocycles. The third-order valence-corrected chi connectivity index (χ3v) is 2.81. The zero-order chi connectivity index (χ0) is 13.8. The van der Waals surface area contributed by atoms with E-state index in [0.29, 0.717) is 25.1 Å². The van der Waals surface area contributed by atoms with Crippen LogP contribution in [0, 0.1) is 0 Å². The maximum Gasteiger partial charge on any atom is 0.224 e. The number of carbonyl (C=O) groups is 1. The van der Waals surface area contributed by atoms with Crippen molar-refractivity contribution < 1.29 is 4.79 Å². The summed E-state index contributed by atoms with van der Waals surface area (Å²) in [5, 5.41) is 8.02. The Labute approximate surface area is 112 Å². The molecule has 0 aromatic carbocycles. The first-order valence-corrected chi connectivity index (χ1v) is 6.45. The van der Waals surface area contributed by atoms with Gasteiger partial charge in [-0.2, -0.15) is 5.10 Å². The number of nitrogens with zero attached hydrogens (tertiary/aromatic N) is 3. The van der Waals surface area contributed by atoms with Gasteiger partial charge in [-0.05, 0) is 32.9 Å². The average Bonchev–Trinajstić information content (AvgIpc) is 2.79. The van der Waals surface area contributed by atoms with Crippen molar-refractivity contribution in [2.75, 3.05) is 11.9 Å². The second-order valence-corrected chi connectivity index (χ2v) is 4.76. The van der Waals surface area contributed by atoms with Gasteiger partial charge in [0.1, 0.15) is 0 Å². The van der Waals surface area contributed by atoms with Gasteiger partial charge in [0.2, 0.25) is 5.91 Å². The molecule has 2 rings (SSSR count). The molecule has 6 heteroatoms. The first-order chi connectivity index (χ1) is 9.11. The number of nitrogens with two attached hydrogens (primary N) is 1. The van der Waals surface area contributed by atoms with Crippen LogP contribution in [0.15, 0.2) is 18.5 Å². The predicted molar refractivity (Wildman–Crippen MR) is 74.8 cm³/mol. The Hall–Kier alpha value is -1.95. The van der Waals surface area contributed by atoms with Gasteiger partial charge in [-0.25, -0.2) is 9.67 Å². The monoisotopic (exact) mass is 261 g/mol. The third-order valence-electron chi connectivity index (χ3n) is 2.81. The molecule has 0 atom stereocenters. The van der Waals surface area contributed by atoms with E-state index in [2.05, 4.69) is 29.2 Å². The summed E-state index contributed by atoms with van der Waals surface area (Å²) in [5.41, 5.74) is 6.89. The fourth-order valence-corrected chi connectivity index (χ4v) is 1.87. The lowest BCUT2D eigenvalue weighted by molar-refractivity contribution is -0.116. The summed E-state index contributed by atoms with van der Waals surface area (Å²) < 4.78 is 1.86. The number of anilines is 1. The zero-order valence-electron chi connectivity index (χ0n) is 11.3. The van der Waals surface area contributed by atoms with Gasteiger partial charge in [-0.3, -0.25) is 4.79 Å². The van der Waals surface area contributed by atoms with E-state index in [1.54, 1.807) is 12.4 Å². The first kappa shape index (κ1) is 13.5. The summed E-state index contributed by atoms with van der Waals surface area (Å²) in [5.74, 6) is -0.0390. The van der Waals surface area contributed by atoms with Gasteiger partial charge in [0.15, 0.2) is 5.65 Å². The molecule has 102 valence electrons. The number of hydrogen-bond acceptors (Lipinski definition) is 4. The Balaban J connectivity index is 2.16. The molecule has 0 aliphatic rings. The topological polar surface area (TPSA) is 85.8 Å². The van der Waals surface area contributed by atoms with Gasteiger partial charge >= 0.3 is 0 Å². The zero-order valence-corrected chi connectivity index (χ0v) is 11.3. The summed E-state index contributed by atoms with van der Waals surface area (Å²) >= 11 is 0. The average molecular weight is 261 g/mol. The highest BCUT2D eigenvalue weighted by molar-refractivity contribution is 5.92. The normalized spacial score (nSPS) is 11.2. The Morgan fingerprint density at radius 3 is 2.95 bits per heavy atom. The highest BCUT2D eigenvalue weighted by atomic mass is 16.1. The smallest absolute Gasteiger partial charge is 0.224 e. The Bertz CT molecular complexity index is 575. The molecule has 2 heterocycles. The molecule has 2 aromatic rings. The molecule has 2 aromatic heterocycles. The second kappa shape index (κ2) is 5.79. The standard InChI is InChI=1S/C13H19N5O/c1-9(2)18-13-10(7-16-18)6-11(8-15-13)17-12(19)4-3-5-14/h6-9H,3-5,14H2,1-2H3,(H,17,19). The van der Waals surface area contributed by atoms with E-state index >= 15 is 0 Å². The summed E-state index contributed by atoms with van der Waals surface area (Å²) in [7, 11) is 0. The van der Waals surface area contributed by atoms with E-state index in [1.807, 2.05) is 10.7 Å². The minimum Gasteiger partial charge on any atom is -0.330 e. The second-order valence-electron chi connectivity index (χ2n) is 4.76. The molecule has 1 amide bonds. The quantitative estimate of drug-likeness (QED) is 0.857. The lowest BCUT2D eigenvalue weighted by Gasteiger charge is -2.07. The van der Waals surface area contributed by atoms with E-state index < -0.39 is 0 Å². The van der Waals surface area contributed by atoms with Gasteiger partial charge in [0.25, 0.3) is 0 Å². The molecule has 0 fully saturated rings. The molecule has 3 N–H and O–H groups in total. The maximum atomic E-state index is 11.6. The summed E-state index contributed by atoms with van der Waals surface area (Å²) in [6.07, 6.45) is 4.54. The number of rotatable bonds is 5. The van der Waals surface area contributed by atoms with Gasteiger partial charge in [0, 0.05) is 17.8 Å². The summed E-state index contributed by atoms with van der Waals surface area (Å²) in [6.45, 7) is 4.62. The van der Waals surface area contributed by atoms with Crippen molar-refractivity contribution in [1.82, 2.24) is 14.8 Å². The third kappa shape index (κ3) is 3.08. The van der Waals surface area contributed by atoms with Crippen LogP contribution in [0.3, 0.4) is 0 Å². The van der Waals surface area contributed by atoms with Crippen LogP contribution in [-0.2, 0) is 4.79 Å². The molecule has 6 nitrogen and oxygen atoms in total. The number of amides is 1. The van der Waals surface area contributed by atoms with Crippen LogP contribution in [0.25, 0.3) is 11.0 Å². The number of pyridine rings is 1. The molecule has 0 saturated heterocycles. The van der Waals surface area contributed by atoms with Crippen LogP contribution in [0.2, 0.25) is 0 Å². The van der Waals surface area contributed by atoms with Gasteiger partial charge in [-0.1, -0.05) is 0 Å². The Morgan fingerprint density at radius 1 is 1.47 bits per heavy atom. The van der Waals surface area contributed by atoms with E-state index in [0.717, 1.165) is 11.0 Å². The minimum atomic E-state index is -0.0390.